The van der Waals surface area contributed by atoms with Crippen molar-refractivity contribution >= 4 is 28.7 Å². The summed E-state index contributed by atoms with van der Waals surface area (Å²) in [7, 11) is 0. The number of carbonyl (C=O) groups is 3. The molecule has 1 aliphatic heterocycles. The summed E-state index contributed by atoms with van der Waals surface area (Å²) in [4.78, 5) is 41.3. The van der Waals surface area contributed by atoms with Crippen LogP contribution in [0.15, 0.2) is 60.8 Å². The quantitative estimate of drug-likeness (QED) is 0.324. The summed E-state index contributed by atoms with van der Waals surface area (Å²) in [5.74, 6) is -5.09. The molecule has 12 nitrogen and oxygen atoms in total. The number of para-hydroxylation sites is 1. The maximum absolute atomic E-state index is 13.0. The van der Waals surface area contributed by atoms with Gasteiger partial charge in [-0.05, 0) is 18.2 Å². The molecule has 4 heterocycles. The molecule has 0 aliphatic carbocycles. The number of aromatic nitrogens is 5. The largest absolute Gasteiger partial charge is 0.490 e. The number of nitrogens with zero attached hydrogens (tertiary/aromatic N) is 6. The van der Waals surface area contributed by atoms with Gasteiger partial charge < -0.3 is 19.8 Å². The lowest BCUT2D eigenvalue weighted by molar-refractivity contribution is -0.193. The fraction of sp³-hybridized carbons (Fsp3) is 0.240. The molecule has 0 unspecified atom stereocenters. The Morgan fingerprint density at radius 3 is 2.09 bits per heavy atom. The molecule has 2 N–H and O–H groups in total. The number of amides is 1. The van der Waals surface area contributed by atoms with E-state index in [1.165, 1.54) is 0 Å². The van der Waals surface area contributed by atoms with Gasteiger partial charge in [0.15, 0.2) is 0 Å². The van der Waals surface area contributed by atoms with Gasteiger partial charge in [0, 0.05) is 24.2 Å². The number of carbonyl (C=O) groups excluding carboxylic acids is 1. The summed E-state index contributed by atoms with van der Waals surface area (Å²) < 4.78 is 71.0. The molecule has 1 aromatic carbocycles. The fourth-order valence-corrected chi connectivity index (χ4v) is 3.40. The zero-order valence-electron chi connectivity index (χ0n) is 21.6. The van der Waals surface area contributed by atoms with E-state index < -0.39 is 24.3 Å². The van der Waals surface area contributed by atoms with Crippen LogP contribution in [-0.2, 0) is 29.3 Å². The van der Waals surface area contributed by atoms with Gasteiger partial charge in [0.1, 0.15) is 18.0 Å². The normalized spacial score (nSPS) is 12.7. The predicted octanol–water partition coefficient (Wildman–Crippen LogP) is 3.72. The standard InChI is InChI=1S/C21H18N6O2.2C2HF3O2/c28-21(17-9-8-15-5-1-2-6-16(15)23-17)26-11-12-27-19(13-26)18(24-25-27)14-29-20-7-3-4-10-22-20;2*3-2(4,5)1(6)7/h1-10H,11-14H2;2*(H,6,7). The Balaban J connectivity index is 0.000000303. The van der Waals surface area contributed by atoms with E-state index >= 15 is 0 Å². The van der Waals surface area contributed by atoms with Gasteiger partial charge in [-0.2, -0.15) is 26.3 Å². The summed E-state index contributed by atoms with van der Waals surface area (Å²) >= 11 is 0. The monoisotopic (exact) mass is 614 g/mol. The molecule has 228 valence electrons. The average Bonchev–Trinajstić information content (AvgIpc) is 3.38. The molecule has 0 spiro atoms. The summed E-state index contributed by atoms with van der Waals surface area (Å²) in [5, 5.41) is 23.7. The molecule has 0 atom stereocenters. The van der Waals surface area contributed by atoms with Crippen LogP contribution in [0.2, 0.25) is 0 Å². The number of fused-ring (bicyclic) bond motifs is 2. The van der Waals surface area contributed by atoms with Crippen LogP contribution in [0.25, 0.3) is 10.9 Å². The number of ether oxygens (including phenoxy) is 1. The Morgan fingerprint density at radius 2 is 1.49 bits per heavy atom. The first-order chi connectivity index (χ1) is 20.2. The maximum Gasteiger partial charge on any atom is 0.490 e. The van der Waals surface area contributed by atoms with Gasteiger partial charge in [-0.15, -0.1) is 5.10 Å². The van der Waals surface area contributed by atoms with Crippen molar-refractivity contribution in [1.82, 2.24) is 29.9 Å². The third kappa shape index (κ3) is 9.10. The molecular weight excluding hydrogens is 594 g/mol. The van der Waals surface area contributed by atoms with Crippen LogP contribution in [0.3, 0.4) is 0 Å². The SMILES string of the molecule is O=C(O)C(F)(F)F.O=C(O)C(F)(F)F.O=C(c1ccc2ccccc2n1)N1CCn2nnc(COc3ccccn3)c2C1. The Hall–Kier alpha value is -5.29. The molecule has 0 saturated heterocycles. The lowest BCUT2D eigenvalue weighted by Gasteiger charge is -2.27. The number of halogens is 6. The summed E-state index contributed by atoms with van der Waals surface area (Å²) in [6.45, 7) is 1.82. The van der Waals surface area contributed by atoms with E-state index in [0.717, 1.165) is 16.6 Å². The second-order valence-electron chi connectivity index (χ2n) is 8.38. The third-order valence-corrected chi connectivity index (χ3v) is 5.42. The topological polar surface area (TPSA) is 161 Å². The number of carboxylic acids is 2. The average molecular weight is 614 g/mol. The van der Waals surface area contributed by atoms with Crippen molar-refractivity contribution < 1.29 is 55.7 Å². The Morgan fingerprint density at radius 1 is 0.860 bits per heavy atom. The minimum Gasteiger partial charge on any atom is -0.475 e. The highest BCUT2D eigenvalue weighted by Crippen LogP contribution is 2.20. The molecular formula is C25H20F6N6O6. The highest BCUT2D eigenvalue weighted by Gasteiger charge is 2.39. The number of aliphatic carboxylic acids is 2. The second-order valence-corrected chi connectivity index (χ2v) is 8.38. The van der Waals surface area contributed by atoms with E-state index in [4.69, 9.17) is 24.5 Å². The number of pyridine rings is 2. The molecule has 18 heteroatoms. The van der Waals surface area contributed by atoms with Crippen molar-refractivity contribution in [3.63, 3.8) is 0 Å². The molecule has 3 aromatic heterocycles. The van der Waals surface area contributed by atoms with E-state index in [9.17, 15) is 31.1 Å². The van der Waals surface area contributed by atoms with Crippen LogP contribution in [-0.4, -0.2) is 76.8 Å². The van der Waals surface area contributed by atoms with Crippen LogP contribution in [0.4, 0.5) is 26.3 Å². The van der Waals surface area contributed by atoms with Crippen LogP contribution in [0.5, 0.6) is 5.88 Å². The summed E-state index contributed by atoms with van der Waals surface area (Å²) in [6, 6.07) is 17.0. The van der Waals surface area contributed by atoms with Crippen LogP contribution in [0, 0.1) is 0 Å². The number of benzene rings is 1. The Labute approximate surface area is 237 Å². The van der Waals surface area contributed by atoms with Gasteiger partial charge in [0.25, 0.3) is 5.91 Å². The molecule has 0 radical (unpaired) electrons. The first-order valence-electron chi connectivity index (χ1n) is 11.9. The third-order valence-electron chi connectivity index (χ3n) is 5.42. The minimum atomic E-state index is -5.08. The van der Waals surface area contributed by atoms with Gasteiger partial charge in [-0.1, -0.05) is 35.5 Å². The zero-order valence-corrected chi connectivity index (χ0v) is 21.6. The van der Waals surface area contributed by atoms with E-state index in [-0.39, 0.29) is 12.5 Å². The van der Waals surface area contributed by atoms with Crippen LogP contribution in [0.1, 0.15) is 21.9 Å². The number of alkyl halides is 6. The van der Waals surface area contributed by atoms with Crippen molar-refractivity contribution in [3.05, 3.63) is 77.9 Å². The van der Waals surface area contributed by atoms with Crippen LogP contribution < -0.4 is 4.74 Å². The molecule has 5 rings (SSSR count). The summed E-state index contributed by atoms with van der Waals surface area (Å²) in [6.07, 6.45) is -8.49. The fourth-order valence-electron chi connectivity index (χ4n) is 3.40. The zero-order chi connectivity index (χ0) is 31.8. The number of hydrogen-bond acceptors (Lipinski definition) is 8. The first kappa shape index (κ1) is 32.2. The molecule has 1 amide bonds. The van der Waals surface area contributed by atoms with Gasteiger partial charge in [0.2, 0.25) is 5.88 Å². The maximum atomic E-state index is 13.0. The van der Waals surface area contributed by atoms with Crippen molar-refractivity contribution in [1.29, 1.82) is 0 Å². The van der Waals surface area contributed by atoms with E-state index in [2.05, 4.69) is 20.3 Å². The number of carboxylic acid groups (broad SMARTS) is 2. The highest BCUT2D eigenvalue weighted by molar-refractivity contribution is 5.95. The van der Waals surface area contributed by atoms with Gasteiger partial charge in [-0.3, -0.25) is 4.79 Å². The van der Waals surface area contributed by atoms with E-state index in [0.29, 0.717) is 36.9 Å². The van der Waals surface area contributed by atoms with E-state index in [1.54, 1.807) is 23.2 Å². The second kappa shape index (κ2) is 13.6. The summed E-state index contributed by atoms with van der Waals surface area (Å²) in [5.41, 5.74) is 2.84. The minimum absolute atomic E-state index is 0.0974. The molecule has 0 fully saturated rings. The predicted molar refractivity (Wildman–Crippen MR) is 132 cm³/mol. The molecule has 1 aliphatic rings. The van der Waals surface area contributed by atoms with Crippen molar-refractivity contribution in [2.75, 3.05) is 6.54 Å². The first-order valence-corrected chi connectivity index (χ1v) is 11.9. The van der Waals surface area contributed by atoms with Crippen LogP contribution >= 0.6 is 0 Å². The van der Waals surface area contributed by atoms with Crippen molar-refractivity contribution in [2.45, 2.75) is 32.0 Å². The van der Waals surface area contributed by atoms with Gasteiger partial charge >= 0.3 is 24.3 Å². The van der Waals surface area contributed by atoms with Crippen molar-refractivity contribution in [3.8, 4) is 5.88 Å². The van der Waals surface area contributed by atoms with E-state index in [1.807, 2.05) is 47.1 Å². The molecule has 43 heavy (non-hydrogen) atoms. The van der Waals surface area contributed by atoms with Crippen molar-refractivity contribution in [2.24, 2.45) is 0 Å². The molecule has 4 aromatic rings. The highest BCUT2D eigenvalue weighted by atomic mass is 19.4. The number of rotatable bonds is 4. The Bertz CT molecular complexity index is 1550. The molecule has 0 bridgehead atoms. The molecule has 0 saturated carbocycles. The Kier molecular flexibility index (Phi) is 10.2. The lowest BCUT2D eigenvalue weighted by Crippen LogP contribution is -2.39. The smallest absolute Gasteiger partial charge is 0.475 e. The van der Waals surface area contributed by atoms with Gasteiger partial charge in [-0.25, -0.2) is 24.2 Å². The lowest BCUT2D eigenvalue weighted by atomic mass is 10.2. The van der Waals surface area contributed by atoms with Gasteiger partial charge in [0.05, 0.1) is 24.3 Å². The number of hydrogen-bond donors (Lipinski definition) is 2.